The van der Waals surface area contributed by atoms with E-state index in [1.807, 2.05) is 41.3 Å². The lowest BCUT2D eigenvalue weighted by molar-refractivity contribution is 0.0718. The smallest absolute Gasteiger partial charge is 0.272 e. The van der Waals surface area contributed by atoms with Crippen LogP contribution in [0.4, 0.5) is 0 Å². The van der Waals surface area contributed by atoms with Crippen LogP contribution in [0.5, 0.6) is 0 Å². The molecule has 0 unspecified atom stereocenters. The Morgan fingerprint density at radius 3 is 2.52 bits per heavy atom. The van der Waals surface area contributed by atoms with E-state index in [4.69, 9.17) is 11.6 Å². The summed E-state index contributed by atoms with van der Waals surface area (Å²) in [5, 5.41) is 0.646. The first kappa shape index (κ1) is 14.1. The first-order valence-corrected chi connectivity index (χ1v) is 7.65. The number of likely N-dealkylation sites (tertiary alicyclic amines) is 1. The summed E-state index contributed by atoms with van der Waals surface area (Å²) in [4.78, 5) is 18.9. The highest BCUT2D eigenvalue weighted by atomic mass is 35.5. The Balaban J connectivity index is 1.89. The fraction of sp³-hybridized carbons (Fsp3) is 0.294. The zero-order chi connectivity index (χ0) is 14.7. The molecule has 2 aromatic rings. The molecule has 3 nitrogen and oxygen atoms in total. The van der Waals surface area contributed by atoms with Crippen LogP contribution in [-0.4, -0.2) is 28.9 Å². The maximum absolute atomic E-state index is 12.5. The molecule has 3 rings (SSSR count). The minimum absolute atomic E-state index is 0.0172. The van der Waals surface area contributed by atoms with Crippen molar-refractivity contribution in [3.05, 3.63) is 53.2 Å². The quantitative estimate of drug-likeness (QED) is 0.839. The third kappa shape index (κ3) is 3.08. The second kappa shape index (κ2) is 6.27. The maximum Gasteiger partial charge on any atom is 0.272 e. The number of carbonyl (C=O) groups is 1. The number of hydrogen-bond acceptors (Lipinski definition) is 2. The van der Waals surface area contributed by atoms with Crippen LogP contribution in [0.2, 0.25) is 5.02 Å². The lowest BCUT2D eigenvalue weighted by atomic mass is 10.1. The minimum atomic E-state index is 0.0172. The second-order valence-electron chi connectivity index (χ2n) is 5.24. The van der Waals surface area contributed by atoms with Gasteiger partial charge >= 0.3 is 0 Å². The van der Waals surface area contributed by atoms with Gasteiger partial charge in [0, 0.05) is 23.7 Å². The van der Waals surface area contributed by atoms with Gasteiger partial charge in [-0.1, -0.05) is 35.9 Å². The Morgan fingerprint density at radius 1 is 1.00 bits per heavy atom. The number of rotatable bonds is 2. The summed E-state index contributed by atoms with van der Waals surface area (Å²) in [5.41, 5.74) is 2.09. The summed E-state index contributed by atoms with van der Waals surface area (Å²) in [6.45, 7) is 1.66. The van der Waals surface area contributed by atoms with Crippen molar-refractivity contribution in [2.45, 2.75) is 19.3 Å². The van der Waals surface area contributed by atoms with Gasteiger partial charge in [-0.05, 0) is 37.5 Å². The summed E-state index contributed by atoms with van der Waals surface area (Å²) in [5.74, 6) is 0.0172. The Morgan fingerprint density at radius 2 is 1.76 bits per heavy atom. The van der Waals surface area contributed by atoms with Crippen LogP contribution in [0.3, 0.4) is 0 Å². The number of halogens is 1. The van der Waals surface area contributed by atoms with Crippen LogP contribution in [0, 0.1) is 0 Å². The standard InChI is InChI=1S/C17H17ClN2O/c18-14-8-3-2-7-13(14)15-9-6-10-16(19-15)17(21)20-11-4-1-5-12-20/h2-3,6-10H,1,4-5,11-12H2. The van der Waals surface area contributed by atoms with Crippen LogP contribution >= 0.6 is 11.6 Å². The number of piperidine rings is 1. The lowest BCUT2D eigenvalue weighted by Gasteiger charge is -2.26. The van der Waals surface area contributed by atoms with Gasteiger partial charge in [0.25, 0.3) is 5.91 Å². The molecule has 0 bridgehead atoms. The van der Waals surface area contributed by atoms with Gasteiger partial charge in [-0.3, -0.25) is 4.79 Å². The van der Waals surface area contributed by atoms with Crippen molar-refractivity contribution in [3.63, 3.8) is 0 Å². The number of benzene rings is 1. The van der Waals surface area contributed by atoms with Gasteiger partial charge in [-0.2, -0.15) is 0 Å². The van der Waals surface area contributed by atoms with Gasteiger partial charge in [0.2, 0.25) is 0 Å². The molecule has 1 aliphatic rings. The van der Waals surface area contributed by atoms with E-state index in [-0.39, 0.29) is 5.91 Å². The molecule has 0 N–H and O–H groups in total. The van der Waals surface area contributed by atoms with E-state index in [2.05, 4.69) is 4.98 Å². The predicted molar refractivity (Wildman–Crippen MR) is 84.4 cm³/mol. The Hall–Kier alpha value is -1.87. The average molecular weight is 301 g/mol. The molecule has 2 heterocycles. The third-order valence-electron chi connectivity index (χ3n) is 3.76. The molecule has 21 heavy (non-hydrogen) atoms. The van der Waals surface area contributed by atoms with Crippen molar-refractivity contribution >= 4 is 17.5 Å². The Kier molecular flexibility index (Phi) is 4.20. The molecular formula is C17H17ClN2O. The van der Waals surface area contributed by atoms with Gasteiger partial charge in [0.15, 0.2) is 0 Å². The molecular weight excluding hydrogens is 284 g/mol. The highest BCUT2D eigenvalue weighted by Gasteiger charge is 2.19. The van der Waals surface area contributed by atoms with E-state index in [0.717, 1.165) is 37.2 Å². The summed E-state index contributed by atoms with van der Waals surface area (Å²) < 4.78 is 0. The first-order valence-electron chi connectivity index (χ1n) is 7.27. The molecule has 108 valence electrons. The Bertz CT molecular complexity index is 651. The van der Waals surface area contributed by atoms with Crippen LogP contribution < -0.4 is 0 Å². The molecule has 1 aromatic heterocycles. The largest absolute Gasteiger partial charge is 0.337 e. The van der Waals surface area contributed by atoms with Gasteiger partial charge in [0.1, 0.15) is 5.69 Å². The molecule has 1 aromatic carbocycles. The normalized spacial score (nSPS) is 15.0. The van der Waals surface area contributed by atoms with Gasteiger partial charge in [-0.25, -0.2) is 4.98 Å². The number of pyridine rings is 1. The molecule has 0 radical (unpaired) electrons. The number of nitrogens with zero attached hydrogens (tertiary/aromatic N) is 2. The van der Waals surface area contributed by atoms with Gasteiger partial charge in [-0.15, -0.1) is 0 Å². The molecule has 1 fully saturated rings. The van der Waals surface area contributed by atoms with E-state index >= 15 is 0 Å². The van der Waals surface area contributed by atoms with E-state index in [9.17, 15) is 4.79 Å². The molecule has 0 aliphatic carbocycles. The molecule has 1 aliphatic heterocycles. The van der Waals surface area contributed by atoms with Crippen LogP contribution in [0.25, 0.3) is 11.3 Å². The fourth-order valence-corrected chi connectivity index (χ4v) is 2.86. The van der Waals surface area contributed by atoms with Crippen molar-refractivity contribution < 1.29 is 4.79 Å². The van der Waals surface area contributed by atoms with E-state index in [0.29, 0.717) is 10.7 Å². The van der Waals surface area contributed by atoms with Crippen LogP contribution in [0.1, 0.15) is 29.8 Å². The SMILES string of the molecule is O=C(c1cccc(-c2ccccc2Cl)n1)N1CCCCC1. The van der Waals surface area contributed by atoms with E-state index < -0.39 is 0 Å². The Labute approximate surface area is 129 Å². The van der Waals surface area contributed by atoms with Crippen molar-refractivity contribution in [2.75, 3.05) is 13.1 Å². The van der Waals surface area contributed by atoms with E-state index in [1.54, 1.807) is 6.07 Å². The van der Waals surface area contributed by atoms with Crippen molar-refractivity contribution in [2.24, 2.45) is 0 Å². The highest BCUT2D eigenvalue weighted by molar-refractivity contribution is 6.33. The maximum atomic E-state index is 12.5. The number of carbonyl (C=O) groups excluding carboxylic acids is 1. The summed E-state index contributed by atoms with van der Waals surface area (Å²) in [6, 6.07) is 13.1. The molecule has 1 saturated heterocycles. The number of aromatic nitrogens is 1. The average Bonchev–Trinajstić information content (AvgIpc) is 2.55. The van der Waals surface area contributed by atoms with E-state index in [1.165, 1.54) is 6.42 Å². The fourth-order valence-electron chi connectivity index (χ4n) is 2.63. The summed E-state index contributed by atoms with van der Waals surface area (Å²) in [7, 11) is 0. The minimum Gasteiger partial charge on any atom is -0.337 e. The third-order valence-corrected chi connectivity index (χ3v) is 4.09. The number of hydrogen-bond donors (Lipinski definition) is 0. The van der Waals surface area contributed by atoms with Crippen molar-refractivity contribution in [3.8, 4) is 11.3 Å². The molecule has 0 spiro atoms. The van der Waals surface area contributed by atoms with Crippen LogP contribution in [-0.2, 0) is 0 Å². The summed E-state index contributed by atoms with van der Waals surface area (Å²) >= 11 is 6.20. The molecule has 1 amide bonds. The topological polar surface area (TPSA) is 33.2 Å². The highest BCUT2D eigenvalue weighted by Crippen LogP contribution is 2.26. The first-order chi connectivity index (χ1) is 10.3. The molecule has 4 heteroatoms. The second-order valence-corrected chi connectivity index (χ2v) is 5.65. The van der Waals surface area contributed by atoms with Crippen LogP contribution in [0.15, 0.2) is 42.5 Å². The zero-order valence-corrected chi connectivity index (χ0v) is 12.5. The van der Waals surface area contributed by atoms with Crippen molar-refractivity contribution in [1.29, 1.82) is 0 Å². The number of amides is 1. The lowest BCUT2D eigenvalue weighted by Crippen LogP contribution is -2.36. The molecule has 0 atom stereocenters. The zero-order valence-electron chi connectivity index (χ0n) is 11.8. The van der Waals surface area contributed by atoms with Gasteiger partial charge in [0.05, 0.1) is 5.69 Å². The molecule has 0 saturated carbocycles. The predicted octanol–water partition coefficient (Wildman–Crippen LogP) is 4.03. The monoisotopic (exact) mass is 300 g/mol. The van der Waals surface area contributed by atoms with Gasteiger partial charge < -0.3 is 4.90 Å². The summed E-state index contributed by atoms with van der Waals surface area (Å²) in [6.07, 6.45) is 3.36. The van der Waals surface area contributed by atoms with Crippen molar-refractivity contribution in [1.82, 2.24) is 9.88 Å².